The lowest BCUT2D eigenvalue weighted by atomic mass is 10.0. The lowest BCUT2D eigenvalue weighted by Crippen LogP contribution is -2.44. The van der Waals surface area contributed by atoms with E-state index in [4.69, 9.17) is 5.73 Å². The maximum absolute atomic E-state index is 12.5. The molecule has 3 N–H and O–H groups in total. The van der Waals surface area contributed by atoms with E-state index in [1.54, 1.807) is 23.1 Å². The number of benzene rings is 1. The molecule has 7 heteroatoms. The van der Waals surface area contributed by atoms with Gasteiger partial charge in [-0.15, -0.1) is 0 Å². The minimum absolute atomic E-state index is 0.171. The van der Waals surface area contributed by atoms with E-state index < -0.39 is 11.8 Å². The fourth-order valence-electron chi connectivity index (χ4n) is 2.25. The summed E-state index contributed by atoms with van der Waals surface area (Å²) in [6, 6.07) is 6.80. The second-order valence-corrected chi connectivity index (χ2v) is 5.65. The summed E-state index contributed by atoms with van der Waals surface area (Å²) in [5.41, 5.74) is 5.94. The number of carbonyl (C=O) groups is 1. The van der Waals surface area contributed by atoms with Crippen molar-refractivity contribution in [3.63, 3.8) is 0 Å². The van der Waals surface area contributed by atoms with Crippen LogP contribution in [0.25, 0.3) is 0 Å². The first-order valence-corrected chi connectivity index (χ1v) is 7.29. The summed E-state index contributed by atoms with van der Waals surface area (Å²) in [7, 11) is 0. The second kappa shape index (κ2) is 6.78. The Labute approximate surface area is 120 Å². The Morgan fingerprint density at radius 3 is 2.60 bits per heavy atom. The smallest absolute Gasteiger partial charge is 0.314 e. The number of urea groups is 1. The summed E-state index contributed by atoms with van der Waals surface area (Å²) in [4.78, 5) is 13.2. The first-order chi connectivity index (χ1) is 9.56. The van der Waals surface area contributed by atoms with Crippen LogP contribution in [0.15, 0.2) is 29.2 Å². The highest BCUT2D eigenvalue weighted by Crippen LogP contribution is 2.32. The summed E-state index contributed by atoms with van der Waals surface area (Å²) >= 11 is 0.539. The number of thioether (sulfide) groups is 1. The number of halogens is 2. The summed E-state index contributed by atoms with van der Waals surface area (Å²) < 4.78 is 25.0. The Morgan fingerprint density at radius 2 is 2.00 bits per heavy atom. The van der Waals surface area contributed by atoms with Gasteiger partial charge in [-0.05, 0) is 25.0 Å². The molecule has 1 heterocycles. The molecule has 1 saturated heterocycles. The van der Waals surface area contributed by atoms with E-state index in [0.29, 0.717) is 29.7 Å². The molecular formula is C13H17F2N3OS. The van der Waals surface area contributed by atoms with Crippen molar-refractivity contribution in [1.29, 1.82) is 0 Å². The topological polar surface area (TPSA) is 58.4 Å². The maximum atomic E-state index is 12.5. The lowest BCUT2D eigenvalue weighted by Gasteiger charge is -2.32. The predicted molar refractivity (Wildman–Crippen MR) is 76.1 cm³/mol. The van der Waals surface area contributed by atoms with Crippen molar-refractivity contribution in [3.05, 3.63) is 24.3 Å². The van der Waals surface area contributed by atoms with Gasteiger partial charge in [0.25, 0.3) is 5.76 Å². The van der Waals surface area contributed by atoms with Gasteiger partial charge in [-0.3, -0.25) is 0 Å². The number of nitrogens with one attached hydrogen (secondary N) is 1. The first-order valence-electron chi connectivity index (χ1n) is 6.41. The van der Waals surface area contributed by atoms with Crippen LogP contribution >= 0.6 is 11.8 Å². The van der Waals surface area contributed by atoms with E-state index in [0.717, 1.165) is 18.5 Å². The van der Waals surface area contributed by atoms with Gasteiger partial charge in [-0.25, -0.2) is 4.79 Å². The zero-order valence-corrected chi connectivity index (χ0v) is 11.7. The maximum Gasteiger partial charge on any atom is 0.314 e. The highest BCUT2D eigenvalue weighted by atomic mass is 32.2. The van der Waals surface area contributed by atoms with E-state index in [2.05, 4.69) is 5.32 Å². The molecule has 0 aromatic heterocycles. The molecule has 2 rings (SSSR count). The molecule has 0 atom stereocenters. The van der Waals surface area contributed by atoms with Crippen LogP contribution in [0.1, 0.15) is 12.8 Å². The van der Waals surface area contributed by atoms with Crippen LogP contribution < -0.4 is 11.1 Å². The number of para-hydroxylation sites is 1. The summed E-state index contributed by atoms with van der Waals surface area (Å²) in [5, 5.41) is 3.28. The molecule has 110 valence electrons. The monoisotopic (exact) mass is 301 g/mol. The van der Waals surface area contributed by atoms with Crippen molar-refractivity contribution in [1.82, 2.24) is 4.90 Å². The molecule has 0 aliphatic carbocycles. The Kier molecular flexibility index (Phi) is 5.05. The Bertz CT molecular complexity index is 465. The van der Waals surface area contributed by atoms with Gasteiger partial charge in [0.1, 0.15) is 0 Å². The number of carbonyl (C=O) groups excluding carboxylic acids is 1. The van der Waals surface area contributed by atoms with Crippen LogP contribution in [-0.4, -0.2) is 35.8 Å². The fourth-order valence-corrected chi connectivity index (χ4v) is 2.85. The number of likely N-dealkylation sites (tertiary alicyclic amines) is 1. The number of nitrogens with two attached hydrogens (primary N) is 1. The molecule has 1 aromatic rings. The molecule has 0 spiro atoms. The highest BCUT2D eigenvalue weighted by Gasteiger charge is 2.21. The fraction of sp³-hybridized carbons (Fsp3) is 0.462. The van der Waals surface area contributed by atoms with Gasteiger partial charge in [0.2, 0.25) is 0 Å². The third-order valence-electron chi connectivity index (χ3n) is 3.27. The van der Waals surface area contributed by atoms with Crippen molar-refractivity contribution in [2.24, 2.45) is 5.73 Å². The molecule has 20 heavy (non-hydrogen) atoms. The Balaban J connectivity index is 1.96. The minimum atomic E-state index is -2.44. The van der Waals surface area contributed by atoms with Crippen LogP contribution in [0, 0.1) is 0 Å². The molecule has 0 unspecified atom stereocenters. The second-order valence-electron chi connectivity index (χ2n) is 4.62. The Hall–Kier alpha value is -1.50. The Morgan fingerprint density at radius 1 is 1.35 bits per heavy atom. The van der Waals surface area contributed by atoms with Gasteiger partial charge in [-0.1, -0.05) is 23.9 Å². The van der Waals surface area contributed by atoms with Crippen molar-refractivity contribution < 1.29 is 13.6 Å². The molecule has 1 aliphatic heterocycles. The van der Waals surface area contributed by atoms with Crippen molar-refractivity contribution in [3.8, 4) is 0 Å². The van der Waals surface area contributed by atoms with Crippen molar-refractivity contribution in [2.45, 2.75) is 29.5 Å². The number of rotatable bonds is 4. The molecule has 1 fully saturated rings. The van der Waals surface area contributed by atoms with Gasteiger partial charge in [0.15, 0.2) is 0 Å². The van der Waals surface area contributed by atoms with Gasteiger partial charge >= 0.3 is 6.03 Å². The van der Waals surface area contributed by atoms with Crippen LogP contribution in [0.2, 0.25) is 0 Å². The van der Waals surface area contributed by atoms with Gasteiger partial charge in [-0.2, -0.15) is 8.78 Å². The average molecular weight is 301 g/mol. The van der Waals surface area contributed by atoms with Gasteiger partial charge in [0.05, 0.1) is 0 Å². The van der Waals surface area contributed by atoms with E-state index in [1.165, 1.54) is 0 Å². The molecule has 0 saturated carbocycles. The zero-order chi connectivity index (χ0) is 14.5. The number of piperidine rings is 1. The molecule has 2 amide bonds. The van der Waals surface area contributed by atoms with Crippen LogP contribution in [-0.2, 0) is 0 Å². The average Bonchev–Trinajstić information content (AvgIpc) is 2.41. The molecule has 0 bridgehead atoms. The number of hydrogen-bond acceptors (Lipinski definition) is 3. The third kappa shape index (κ3) is 4.00. The van der Waals surface area contributed by atoms with Crippen LogP contribution in [0.5, 0.6) is 0 Å². The van der Waals surface area contributed by atoms with Crippen molar-refractivity contribution >= 4 is 23.5 Å². The number of nitrogens with zero attached hydrogens (tertiary/aromatic N) is 1. The van der Waals surface area contributed by atoms with E-state index in [1.807, 2.05) is 6.07 Å². The van der Waals surface area contributed by atoms with Crippen molar-refractivity contribution in [2.75, 3.05) is 18.4 Å². The number of alkyl halides is 2. The number of amides is 2. The van der Waals surface area contributed by atoms with Crippen LogP contribution in [0.3, 0.4) is 0 Å². The zero-order valence-electron chi connectivity index (χ0n) is 10.9. The third-order valence-corrected chi connectivity index (χ3v) is 4.06. The molecule has 1 aliphatic rings. The quantitative estimate of drug-likeness (QED) is 0.841. The number of primary amides is 1. The van der Waals surface area contributed by atoms with E-state index >= 15 is 0 Å². The van der Waals surface area contributed by atoms with E-state index in [-0.39, 0.29) is 6.04 Å². The largest absolute Gasteiger partial charge is 0.381 e. The summed E-state index contributed by atoms with van der Waals surface area (Å²) in [6.45, 7) is 1.19. The lowest BCUT2D eigenvalue weighted by molar-refractivity contribution is 0.193. The SMILES string of the molecule is NC(=O)N1CCC(Nc2ccccc2SC(F)F)CC1. The molecule has 4 nitrogen and oxygen atoms in total. The van der Waals surface area contributed by atoms with E-state index in [9.17, 15) is 13.6 Å². The number of anilines is 1. The van der Waals surface area contributed by atoms with Gasteiger partial charge < -0.3 is 16.0 Å². The van der Waals surface area contributed by atoms with Gasteiger partial charge in [0, 0.05) is 29.7 Å². The van der Waals surface area contributed by atoms with Crippen LogP contribution in [0.4, 0.5) is 19.3 Å². The summed E-state index contributed by atoms with van der Waals surface area (Å²) in [5.74, 6) is -2.44. The standard InChI is InChI=1S/C13H17F2N3OS/c14-12(15)20-11-4-2-1-3-10(11)17-9-5-7-18(8-6-9)13(16)19/h1-4,9,12,17H,5-8H2,(H2,16,19). The minimum Gasteiger partial charge on any atom is -0.381 e. The predicted octanol–water partition coefficient (Wildman–Crippen LogP) is 2.96. The summed E-state index contributed by atoms with van der Waals surface area (Å²) in [6.07, 6.45) is 1.52. The number of hydrogen-bond donors (Lipinski definition) is 2. The first kappa shape index (κ1) is 14.9. The normalized spacial score (nSPS) is 16.4. The molecular weight excluding hydrogens is 284 g/mol. The molecule has 1 aromatic carbocycles. The molecule has 0 radical (unpaired) electrons. The highest BCUT2D eigenvalue weighted by molar-refractivity contribution is 7.99.